The maximum atomic E-state index is 15.6. The van der Waals surface area contributed by atoms with Crippen LogP contribution in [-0.4, -0.2) is 49.5 Å². The zero-order chi connectivity index (χ0) is 28.3. The Labute approximate surface area is 237 Å². The number of carbonyl (C=O) groups is 1. The van der Waals surface area contributed by atoms with E-state index in [0.717, 1.165) is 12.8 Å². The topological polar surface area (TPSA) is 67.8 Å². The average molecular weight is 575 g/mol. The minimum Gasteiger partial charge on any atom is -0.409 e. The van der Waals surface area contributed by atoms with Crippen LogP contribution in [0.15, 0.2) is 18.2 Å². The van der Waals surface area contributed by atoms with Gasteiger partial charge in [-0.3, -0.25) is 9.69 Å². The van der Waals surface area contributed by atoms with Crippen LogP contribution in [0.4, 0.5) is 21.6 Å². The number of benzene rings is 1. The van der Waals surface area contributed by atoms with E-state index in [1.54, 1.807) is 17.0 Å². The molecule has 0 radical (unpaired) electrons. The summed E-state index contributed by atoms with van der Waals surface area (Å²) in [5.41, 5.74) is 0.859. The van der Waals surface area contributed by atoms with Gasteiger partial charge < -0.3 is 14.1 Å². The summed E-state index contributed by atoms with van der Waals surface area (Å²) in [4.78, 5) is 27.1. The van der Waals surface area contributed by atoms with Crippen molar-refractivity contribution in [2.75, 3.05) is 22.9 Å². The molecule has 5 rings (SSSR count). The minimum atomic E-state index is -2.06. The quantitative estimate of drug-likeness (QED) is 0.286. The molecule has 1 saturated heterocycles. The van der Waals surface area contributed by atoms with E-state index in [2.05, 4.69) is 38.8 Å². The number of halogens is 2. The molecule has 1 amide bonds. The molecule has 0 N–H and O–H groups in total. The number of hydrogen-bond donors (Lipinski definition) is 0. The summed E-state index contributed by atoms with van der Waals surface area (Å²) in [5, 5.41) is 0.318. The third-order valence-electron chi connectivity index (χ3n) is 8.97. The number of rotatable bonds is 5. The SMILES string of the molecule is C[C@@H]1CN(c2ccc(N3C(=O)C4(CCCC4)c4c(Cl)nc(CO[Si](C)(C)C(C)(C)C)nc43)cc2F)C[C@H](C)O1. The van der Waals surface area contributed by atoms with E-state index in [0.29, 0.717) is 59.7 Å². The molecule has 1 spiro atoms. The third-order valence-corrected chi connectivity index (χ3v) is 13.7. The van der Waals surface area contributed by atoms with E-state index in [1.165, 1.54) is 6.07 Å². The highest BCUT2D eigenvalue weighted by Gasteiger charge is 2.55. The molecule has 2 atom stereocenters. The molecule has 2 aliphatic heterocycles. The highest BCUT2D eigenvalue weighted by atomic mass is 35.5. The molecule has 0 unspecified atom stereocenters. The van der Waals surface area contributed by atoms with Crippen molar-refractivity contribution in [1.82, 2.24) is 9.97 Å². The molecular formula is C29H40ClFN4O3Si. The Hall–Kier alpha value is -2.07. The molecule has 212 valence electrons. The molecule has 1 aromatic carbocycles. The highest BCUT2D eigenvalue weighted by molar-refractivity contribution is 6.74. The van der Waals surface area contributed by atoms with Gasteiger partial charge in [0.1, 0.15) is 16.8 Å². The molecule has 3 heterocycles. The summed E-state index contributed by atoms with van der Waals surface area (Å²) in [6, 6.07) is 5.00. The van der Waals surface area contributed by atoms with Gasteiger partial charge in [0.15, 0.2) is 14.1 Å². The minimum absolute atomic E-state index is 0.00731. The Bertz CT molecular complexity index is 1270. The summed E-state index contributed by atoms with van der Waals surface area (Å²) in [7, 11) is -2.06. The van der Waals surface area contributed by atoms with Gasteiger partial charge in [0.25, 0.3) is 0 Å². The van der Waals surface area contributed by atoms with Crippen molar-refractivity contribution < 1.29 is 18.3 Å². The second kappa shape index (κ2) is 10.1. The third kappa shape index (κ3) is 5.00. The Morgan fingerprint density at radius 3 is 2.38 bits per heavy atom. The Morgan fingerprint density at radius 2 is 1.79 bits per heavy atom. The number of fused-ring (bicyclic) bond motifs is 2. The standard InChI is InChI=1S/C29H40ClFN4O3Si/c1-18-15-34(16-19(2)38-18)22-11-10-20(14-21(22)31)35-26-24(29(27(35)36)12-8-9-13-29)25(30)32-23(33-26)17-37-39(6,7)28(3,4)5/h10-11,14,18-19H,8-9,12-13,15-17H2,1-7H3/t18-,19+. The number of morpholine rings is 1. The second-order valence-electron chi connectivity index (χ2n) is 12.9. The lowest BCUT2D eigenvalue weighted by atomic mass is 9.81. The van der Waals surface area contributed by atoms with Crippen LogP contribution in [0.2, 0.25) is 23.3 Å². The fourth-order valence-corrected chi connectivity index (χ4v) is 7.21. The van der Waals surface area contributed by atoms with Gasteiger partial charge in [0, 0.05) is 24.7 Å². The van der Waals surface area contributed by atoms with Crippen LogP contribution < -0.4 is 9.80 Å². The van der Waals surface area contributed by atoms with E-state index in [9.17, 15) is 4.79 Å². The molecule has 1 aliphatic carbocycles. The highest BCUT2D eigenvalue weighted by Crippen LogP contribution is 2.55. The zero-order valence-corrected chi connectivity index (χ0v) is 25.9. The van der Waals surface area contributed by atoms with E-state index in [-0.39, 0.29) is 35.6 Å². The molecular weight excluding hydrogens is 535 g/mol. The van der Waals surface area contributed by atoms with Crippen molar-refractivity contribution in [3.8, 4) is 0 Å². The number of hydrogen-bond acceptors (Lipinski definition) is 6. The van der Waals surface area contributed by atoms with Crippen LogP contribution >= 0.6 is 11.6 Å². The van der Waals surface area contributed by atoms with Crippen molar-refractivity contribution in [3.05, 3.63) is 40.6 Å². The van der Waals surface area contributed by atoms with Gasteiger partial charge in [-0.1, -0.05) is 45.2 Å². The maximum absolute atomic E-state index is 15.6. The molecule has 39 heavy (non-hydrogen) atoms. The largest absolute Gasteiger partial charge is 0.409 e. The summed E-state index contributed by atoms with van der Waals surface area (Å²) in [6.07, 6.45) is 3.23. The molecule has 1 aromatic heterocycles. The molecule has 0 bridgehead atoms. The lowest BCUT2D eigenvalue weighted by molar-refractivity contribution is -0.122. The summed E-state index contributed by atoms with van der Waals surface area (Å²) >= 11 is 6.82. The smallest absolute Gasteiger partial charge is 0.243 e. The molecule has 7 nitrogen and oxygen atoms in total. The lowest BCUT2D eigenvalue weighted by Gasteiger charge is -2.37. The first kappa shape index (κ1) is 28.5. The number of ether oxygens (including phenoxy) is 1. The molecule has 3 aliphatic rings. The average Bonchev–Trinajstić information content (AvgIpc) is 3.40. The number of carbonyl (C=O) groups excluding carboxylic acids is 1. The van der Waals surface area contributed by atoms with Crippen LogP contribution in [0.3, 0.4) is 0 Å². The van der Waals surface area contributed by atoms with E-state index in [4.69, 9.17) is 25.7 Å². The van der Waals surface area contributed by atoms with E-state index >= 15 is 4.39 Å². The number of nitrogens with zero attached hydrogens (tertiary/aromatic N) is 4. The van der Waals surface area contributed by atoms with Crippen LogP contribution in [0.5, 0.6) is 0 Å². The molecule has 1 saturated carbocycles. The second-order valence-corrected chi connectivity index (χ2v) is 18.1. The first-order chi connectivity index (χ1) is 18.2. The molecule has 2 aromatic rings. The summed E-state index contributed by atoms with van der Waals surface area (Å²) < 4.78 is 27.8. The van der Waals surface area contributed by atoms with Crippen LogP contribution in [-0.2, 0) is 26.0 Å². The Kier molecular flexibility index (Phi) is 7.36. The first-order valence-corrected chi connectivity index (χ1v) is 17.3. The van der Waals surface area contributed by atoms with Crippen molar-refractivity contribution in [1.29, 1.82) is 0 Å². The van der Waals surface area contributed by atoms with Crippen LogP contribution in [0, 0.1) is 5.82 Å². The van der Waals surface area contributed by atoms with Gasteiger partial charge >= 0.3 is 0 Å². The van der Waals surface area contributed by atoms with Crippen molar-refractivity contribution in [3.63, 3.8) is 0 Å². The van der Waals surface area contributed by atoms with E-state index in [1.807, 2.05) is 18.7 Å². The first-order valence-electron chi connectivity index (χ1n) is 14.0. The van der Waals surface area contributed by atoms with Crippen molar-refractivity contribution in [2.45, 2.75) is 103 Å². The van der Waals surface area contributed by atoms with Gasteiger partial charge in [0.2, 0.25) is 5.91 Å². The normalized spacial score (nSPS) is 23.2. The predicted molar refractivity (Wildman–Crippen MR) is 155 cm³/mol. The lowest BCUT2D eigenvalue weighted by Crippen LogP contribution is -2.45. The van der Waals surface area contributed by atoms with Gasteiger partial charge in [-0.2, -0.15) is 0 Å². The predicted octanol–water partition coefficient (Wildman–Crippen LogP) is 6.89. The summed E-state index contributed by atoms with van der Waals surface area (Å²) in [5.74, 6) is 0.410. The van der Waals surface area contributed by atoms with Crippen molar-refractivity contribution in [2.24, 2.45) is 0 Å². The number of amides is 1. The van der Waals surface area contributed by atoms with Gasteiger partial charge in [-0.15, -0.1) is 0 Å². The number of anilines is 3. The fraction of sp³-hybridized carbons (Fsp3) is 0.621. The zero-order valence-electron chi connectivity index (χ0n) is 24.1. The van der Waals surface area contributed by atoms with E-state index < -0.39 is 13.7 Å². The fourth-order valence-electron chi connectivity index (χ4n) is 5.93. The van der Waals surface area contributed by atoms with Gasteiger partial charge in [0.05, 0.1) is 35.6 Å². The molecule has 10 heteroatoms. The monoisotopic (exact) mass is 574 g/mol. The Balaban J connectivity index is 1.53. The maximum Gasteiger partial charge on any atom is 0.243 e. The van der Waals surface area contributed by atoms with Gasteiger partial charge in [-0.25, -0.2) is 14.4 Å². The molecule has 2 fully saturated rings. The van der Waals surface area contributed by atoms with Crippen molar-refractivity contribution >= 4 is 43.0 Å². The van der Waals surface area contributed by atoms with Crippen LogP contribution in [0.25, 0.3) is 0 Å². The van der Waals surface area contributed by atoms with Gasteiger partial charge in [-0.05, 0) is 57.0 Å². The summed E-state index contributed by atoms with van der Waals surface area (Å²) in [6.45, 7) is 16.3. The van der Waals surface area contributed by atoms with Crippen LogP contribution in [0.1, 0.15) is 71.7 Å². The number of aromatic nitrogens is 2. The Morgan fingerprint density at radius 1 is 1.15 bits per heavy atom.